The van der Waals surface area contributed by atoms with Gasteiger partial charge in [0.15, 0.2) is 0 Å². The molecule has 1 aromatic carbocycles. The topological polar surface area (TPSA) is 70.6 Å². The minimum absolute atomic E-state index is 0.0729. The van der Waals surface area contributed by atoms with Crippen molar-refractivity contribution >= 4 is 17.8 Å². The molecule has 0 fully saturated rings. The summed E-state index contributed by atoms with van der Waals surface area (Å²) in [4.78, 5) is 26.3. The van der Waals surface area contributed by atoms with E-state index in [0.717, 1.165) is 5.56 Å². The van der Waals surface area contributed by atoms with Crippen LogP contribution >= 0.6 is 0 Å². The maximum Gasteiger partial charge on any atom is 0.257 e. The Morgan fingerprint density at radius 3 is 2.62 bits per heavy atom. The molecule has 82 valence electrons. The number of aryl methyl sites for hydroxylation is 1. The van der Waals surface area contributed by atoms with E-state index in [1.807, 2.05) is 19.1 Å². The van der Waals surface area contributed by atoms with Crippen LogP contribution < -0.4 is 10.6 Å². The average molecular weight is 217 g/mol. The normalized spacial score (nSPS) is 14.3. The molecule has 16 heavy (non-hydrogen) atoms. The van der Waals surface area contributed by atoms with Crippen molar-refractivity contribution in [3.8, 4) is 0 Å². The van der Waals surface area contributed by atoms with Crippen molar-refractivity contribution in [1.82, 2.24) is 10.6 Å². The van der Waals surface area contributed by atoms with Gasteiger partial charge in [-0.05, 0) is 19.1 Å². The molecule has 0 unspecified atom stereocenters. The lowest BCUT2D eigenvalue weighted by Gasteiger charge is -2.04. The highest BCUT2D eigenvalue weighted by molar-refractivity contribution is 6.12. The van der Waals surface area contributed by atoms with Crippen molar-refractivity contribution in [1.29, 1.82) is 0 Å². The number of nitrogens with zero attached hydrogens (tertiary/aromatic N) is 1. The van der Waals surface area contributed by atoms with Crippen LogP contribution in [0.4, 0.5) is 0 Å². The van der Waals surface area contributed by atoms with Crippen LogP contribution in [-0.4, -0.2) is 24.3 Å². The van der Waals surface area contributed by atoms with Gasteiger partial charge >= 0.3 is 0 Å². The molecule has 1 aliphatic rings. The molecule has 0 atom stereocenters. The lowest BCUT2D eigenvalue weighted by molar-refractivity contribution is -0.117. The Morgan fingerprint density at radius 2 is 2.06 bits per heavy atom. The SMILES string of the molecule is Cc1ccc(C(=O)NC2=NCC(=O)N2)cc1. The van der Waals surface area contributed by atoms with Gasteiger partial charge in [-0.1, -0.05) is 17.7 Å². The third-order valence-corrected chi connectivity index (χ3v) is 2.18. The molecule has 0 radical (unpaired) electrons. The summed E-state index contributed by atoms with van der Waals surface area (Å²) >= 11 is 0. The summed E-state index contributed by atoms with van der Waals surface area (Å²) in [6.07, 6.45) is 0. The monoisotopic (exact) mass is 217 g/mol. The number of hydrogen-bond acceptors (Lipinski definition) is 3. The molecule has 5 nitrogen and oxygen atoms in total. The second-order valence-corrected chi connectivity index (χ2v) is 3.53. The van der Waals surface area contributed by atoms with Gasteiger partial charge in [-0.15, -0.1) is 0 Å². The summed E-state index contributed by atoms with van der Waals surface area (Å²) in [5, 5.41) is 4.97. The summed E-state index contributed by atoms with van der Waals surface area (Å²) in [6.45, 7) is 2.02. The fourth-order valence-corrected chi connectivity index (χ4v) is 1.32. The number of guanidine groups is 1. The van der Waals surface area contributed by atoms with Crippen molar-refractivity contribution in [2.75, 3.05) is 6.54 Å². The smallest absolute Gasteiger partial charge is 0.257 e. The third-order valence-electron chi connectivity index (χ3n) is 2.18. The summed E-state index contributed by atoms with van der Waals surface area (Å²) in [6, 6.07) is 7.15. The maximum atomic E-state index is 11.7. The molecular weight excluding hydrogens is 206 g/mol. The number of rotatable bonds is 1. The summed E-state index contributed by atoms with van der Waals surface area (Å²) in [7, 11) is 0. The quantitative estimate of drug-likeness (QED) is 0.706. The zero-order valence-electron chi connectivity index (χ0n) is 8.78. The molecule has 1 aliphatic heterocycles. The molecule has 0 spiro atoms. The van der Waals surface area contributed by atoms with Crippen molar-refractivity contribution in [3.05, 3.63) is 35.4 Å². The Hall–Kier alpha value is -2.17. The van der Waals surface area contributed by atoms with Crippen LogP contribution in [0, 0.1) is 6.92 Å². The standard InChI is InChI=1S/C11H11N3O2/c1-7-2-4-8(5-3-7)10(16)14-11-12-6-9(15)13-11/h2-5H,6H2,1H3,(H2,12,13,14,15,16). The Balaban J connectivity index is 2.03. The summed E-state index contributed by atoms with van der Waals surface area (Å²) in [5.41, 5.74) is 1.62. The van der Waals surface area contributed by atoms with Gasteiger partial charge in [0.2, 0.25) is 11.9 Å². The molecule has 0 aromatic heterocycles. The second-order valence-electron chi connectivity index (χ2n) is 3.53. The lowest BCUT2D eigenvalue weighted by atomic mass is 10.1. The van der Waals surface area contributed by atoms with Crippen LogP contribution in [0.1, 0.15) is 15.9 Å². The number of nitrogens with one attached hydrogen (secondary N) is 2. The van der Waals surface area contributed by atoms with E-state index in [1.54, 1.807) is 12.1 Å². The van der Waals surface area contributed by atoms with Gasteiger partial charge in [-0.3, -0.25) is 20.2 Å². The van der Waals surface area contributed by atoms with Gasteiger partial charge in [0.05, 0.1) is 0 Å². The van der Waals surface area contributed by atoms with Gasteiger partial charge in [0.1, 0.15) is 6.54 Å². The Bertz CT molecular complexity index is 463. The first kappa shape index (κ1) is 10.4. The molecular formula is C11H11N3O2. The molecule has 5 heteroatoms. The van der Waals surface area contributed by atoms with Crippen molar-refractivity contribution < 1.29 is 9.59 Å². The first-order valence-corrected chi connectivity index (χ1v) is 4.87. The fraction of sp³-hybridized carbons (Fsp3) is 0.182. The lowest BCUT2D eigenvalue weighted by Crippen LogP contribution is -2.39. The Labute approximate surface area is 92.6 Å². The van der Waals surface area contributed by atoms with E-state index in [-0.39, 0.29) is 24.3 Å². The Morgan fingerprint density at radius 1 is 1.38 bits per heavy atom. The minimum Gasteiger partial charge on any atom is -0.295 e. The van der Waals surface area contributed by atoms with E-state index in [0.29, 0.717) is 5.56 Å². The molecule has 0 saturated heterocycles. The largest absolute Gasteiger partial charge is 0.295 e. The molecule has 1 heterocycles. The van der Waals surface area contributed by atoms with Crippen LogP contribution in [0.3, 0.4) is 0 Å². The summed E-state index contributed by atoms with van der Waals surface area (Å²) in [5.74, 6) is -0.268. The summed E-state index contributed by atoms with van der Waals surface area (Å²) < 4.78 is 0. The number of carbonyl (C=O) groups excluding carboxylic acids is 2. The molecule has 2 amide bonds. The average Bonchev–Trinajstić information content (AvgIpc) is 2.65. The molecule has 0 saturated carbocycles. The van der Waals surface area contributed by atoms with Crippen LogP contribution in [0.5, 0.6) is 0 Å². The van der Waals surface area contributed by atoms with Gasteiger partial charge in [-0.25, -0.2) is 4.99 Å². The van der Waals surface area contributed by atoms with E-state index in [1.165, 1.54) is 0 Å². The van der Waals surface area contributed by atoms with E-state index in [2.05, 4.69) is 15.6 Å². The molecule has 0 bridgehead atoms. The number of hydrogen-bond donors (Lipinski definition) is 2. The minimum atomic E-state index is -0.277. The van der Waals surface area contributed by atoms with Crippen molar-refractivity contribution in [3.63, 3.8) is 0 Å². The first-order chi connectivity index (χ1) is 7.65. The van der Waals surface area contributed by atoms with Crippen molar-refractivity contribution in [2.45, 2.75) is 6.92 Å². The van der Waals surface area contributed by atoms with Crippen LogP contribution in [0.15, 0.2) is 29.3 Å². The zero-order valence-corrected chi connectivity index (χ0v) is 8.78. The van der Waals surface area contributed by atoms with Crippen LogP contribution in [0.2, 0.25) is 0 Å². The van der Waals surface area contributed by atoms with E-state index in [4.69, 9.17) is 0 Å². The van der Waals surface area contributed by atoms with E-state index < -0.39 is 0 Å². The maximum absolute atomic E-state index is 11.7. The van der Waals surface area contributed by atoms with E-state index >= 15 is 0 Å². The highest BCUT2D eigenvalue weighted by atomic mass is 16.2. The predicted molar refractivity (Wildman–Crippen MR) is 59.1 cm³/mol. The van der Waals surface area contributed by atoms with Crippen LogP contribution in [0.25, 0.3) is 0 Å². The predicted octanol–water partition coefficient (Wildman–Crippen LogP) is 0.211. The fourth-order valence-electron chi connectivity index (χ4n) is 1.32. The van der Waals surface area contributed by atoms with Gasteiger partial charge < -0.3 is 0 Å². The highest BCUT2D eigenvalue weighted by Crippen LogP contribution is 2.02. The molecule has 0 aliphatic carbocycles. The van der Waals surface area contributed by atoms with Gasteiger partial charge in [0.25, 0.3) is 5.91 Å². The van der Waals surface area contributed by atoms with E-state index in [9.17, 15) is 9.59 Å². The number of amides is 2. The number of carbonyl (C=O) groups is 2. The molecule has 1 aromatic rings. The van der Waals surface area contributed by atoms with Gasteiger partial charge in [0, 0.05) is 5.56 Å². The second kappa shape index (κ2) is 4.14. The number of aliphatic imine (C=N–C) groups is 1. The highest BCUT2D eigenvalue weighted by Gasteiger charge is 2.15. The van der Waals surface area contributed by atoms with Gasteiger partial charge in [-0.2, -0.15) is 0 Å². The Kier molecular flexibility index (Phi) is 2.68. The van der Waals surface area contributed by atoms with Crippen LogP contribution in [-0.2, 0) is 4.79 Å². The number of benzene rings is 1. The first-order valence-electron chi connectivity index (χ1n) is 4.87. The molecule has 2 N–H and O–H groups in total. The molecule has 2 rings (SSSR count). The zero-order chi connectivity index (χ0) is 11.5. The third kappa shape index (κ3) is 2.25. The van der Waals surface area contributed by atoms with Crippen molar-refractivity contribution in [2.24, 2.45) is 4.99 Å².